The lowest BCUT2D eigenvalue weighted by atomic mass is 10.2. The van der Waals surface area contributed by atoms with E-state index >= 15 is 0 Å². The lowest BCUT2D eigenvalue weighted by Crippen LogP contribution is -2.46. The van der Waals surface area contributed by atoms with Gasteiger partial charge in [0.1, 0.15) is 6.04 Å². The molecule has 0 aliphatic rings. The number of aliphatic carboxylic acids is 1. The molecule has 0 bridgehead atoms. The summed E-state index contributed by atoms with van der Waals surface area (Å²) in [5.74, 6) is -1.71. The minimum Gasteiger partial charge on any atom is -0.480 e. The monoisotopic (exact) mass is 224 g/mol. The summed E-state index contributed by atoms with van der Waals surface area (Å²) in [5.41, 5.74) is 2.08. The molecule has 4 N–H and O–H groups in total. The molecule has 16 heavy (non-hydrogen) atoms. The summed E-state index contributed by atoms with van der Waals surface area (Å²) in [6.45, 7) is -0.256. The number of carbonyl (C=O) groups is 2. The molecule has 6 nitrogen and oxygen atoms in total. The van der Waals surface area contributed by atoms with Gasteiger partial charge >= 0.3 is 5.97 Å². The first kappa shape index (κ1) is 12.2. The molecule has 1 aromatic rings. The Morgan fingerprint density at radius 1 is 1.25 bits per heavy atom. The predicted molar refractivity (Wildman–Crippen MR) is 55.1 cm³/mol. The molecular formula is C10H12N2O4. The predicted octanol–water partition coefficient (Wildman–Crippen LogP) is -0.152. The first-order chi connectivity index (χ1) is 7.65. The molecule has 0 saturated carbocycles. The molecule has 0 fully saturated rings. The third kappa shape index (κ3) is 3.34. The number of hydroxylamine groups is 1. The molecule has 0 aliphatic carbocycles. The number of hydrogen-bond acceptors (Lipinski definition) is 4. The maximum atomic E-state index is 11.6. The van der Waals surface area contributed by atoms with E-state index in [4.69, 9.17) is 10.3 Å². The number of carboxylic acids is 1. The Hall–Kier alpha value is -1.92. The van der Waals surface area contributed by atoms with Gasteiger partial charge in [0.15, 0.2) is 0 Å². The van der Waals surface area contributed by atoms with Crippen molar-refractivity contribution in [2.24, 2.45) is 0 Å². The zero-order valence-corrected chi connectivity index (χ0v) is 8.38. The summed E-state index contributed by atoms with van der Waals surface area (Å²) < 4.78 is 0. The molecule has 1 atom stereocenters. The summed E-state index contributed by atoms with van der Waals surface area (Å²) in [6, 6.07) is 7.07. The average molecular weight is 224 g/mol. The first-order valence-electron chi connectivity index (χ1n) is 4.61. The molecule has 1 amide bonds. The summed E-state index contributed by atoms with van der Waals surface area (Å²) in [6.07, 6.45) is 0. The van der Waals surface area contributed by atoms with Crippen LogP contribution in [0, 0.1) is 0 Å². The van der Waals surface area contributed by atoms with Gasteiger partial charge in [0, 0.05) is 5.56 Å². The fraction of sp³-hybridized carbons (Fsp3) is 0.200. The van der Waals surface area contributed by atoms with Crippen LogP contribution in [0.3, 0.4) is 0 Å². The highest BCUT2D eigenvalue weighted by Gasteiger charge is 2.19. The van der Waals surface area contributed by atoms with Crippen molar-refractivity contribution in [1.29, 1.82) is 0 Å². The van der Waals surface area contributed by atoms with Gasteiger partial charge in [0.05, 0.1) is 6.54 Å². The van der Waals surface area contributed by atoms with Crippen LogP contribution in [-0.2, 0) is 4.79 Å². The van der Waals surface area contributed by atoms with E-state index in [9.17, 15) is 9.59 Å². The van der Waals surface area contributed by atoms with Crippen LogP contribution in [0.2, 0.25) is 0 Å². The third-order valence-corrected chi connectivity index (χ3v) is 1.93. The van der Waals surface area contributed by atoms with Crippen LogP contribution < -0.4 is 10.8 Å². The zero-order chi connectivity index (χ0) is 12.0. The topological polar surface area (TPSA) is 98.7 Å². The largest absolute Gasteiger partial charge is 0.480 e. The Balaban J connectivity index is 2.65. The van der Waals surface area contributed by atoms with E-state index in [2.05, 4.69) is 5.32 Å². The number of rotatable bonds is 5. The summed E-state index contributed by atoms with van der Waals surface area (Å²) in [7, 11) is 0. The van der Waals surface area contributed by atoms with E-state index in [0.717, 1.165) is 0 Å². The minimum absolute atomic E-state index is 0.256. The molecule has 86 valence electrons. The van der Waals surface area contributed by atoms with Crippen LogP contribution in [0.25, 0.3) is 0 Å². The van der Waals surface area contributed by atoms with Crippen molar-refractivity contribution in [3.05, 3.63) is 35.9 Å². The zero-order valence-electron chi connectivity index (χ0n) is 8.38. The average Bonchev–Trinajstić information content (AvgIpc) is 2.29. The molecule has 1 aromatic carbocycles. The number of hydrogen-bond donors (Lipinski definition) is 4. The van der Waals surface area contributed by atoms with Crippen LogP contribution in [0.5, 0.6) is 0 Å². The summed E-state index contributed by atoms with van der Waals surface area (Å²) in [5, 5.41) is 19.4. The summed E-state index contributed by atoms with van der Waals surface area (Å²) >= 11 is 0. The van der Waals surface area contributed by atoms with Gasteiger partial charge in [-0.05, 0) is 12.1 Å². The maximum Gasteiger partial charge on any atom is 0.327 e. The molecular weight excluding hydrogens is 212 g/mol. The molecule has 1 unspecified atom stereocenters. The molecule has 1 rings (SSSR count). The lowest BCUT2D eigenvalue weighted by Gasteiger charge is -2.13. The Bertz CT molecular complexity index is 366. The Labute approximate surface area is 91.9 Å². The van der Waals surface area contributed by atoms with Crippen LogP contribution in [0.1, 0.15) is 10.4 Å². The van der Waals surface area contributed by atoms with E-state index in [0.29, 0.717) is 5.56 Å². The lowest BCUT2D eigenvalue weighted by molar-refractivity contribution is -0.139. The van der Waals surface area contributed by atoms with E-state index in [1.165, 1.54) is 0 Å². The molecule has 0 aromatic heterocycles. The highest BCUT2D eigenvalue weighted by atomic mass is 16.5. The number of amides is 1. The van der Waals surface area contributed by atoms with Crippen LogP contribution in [0.4, 0.5) is 0 Å². The van der Waals surface area contributed by atoms with Crippen molar-refractivity contribution in [2.45, 2.75) is 6.04 Å². The number of nitrogens with one attached hydrogen (secondary N) is 2. The molecule has 0 spiro atoms. The normalized spacial score (nSPS) is 11.8. The van der Waals surface area contributed by atoms with Gasteiger partial charge in [-0.15, -0.1) is 0 Å². The van der Waals surface area contributed by atoms with E-state index in [-0.39, 0.29) is 6.54 Å². The highest BCUT2D eigenvalue weighted by Crippen LogP contribution is 1.98. The Morgan fingerprint density at radius 3 is 2.38 bits per heavy atom. The molecule has 0 aliphatic heterocycles. The van der Waals surface area contributed by atoms with Crippen molar-refractivity contribution in [3.8, 4) is 0 Å². The quantitative estimate of drug-likeness (QED) is 0.521. The number of benzene rings is 1. The van der Waals surface area contributed by atoms with Crippen LogP contribution in [0.15, 0.2) is 30.3 Å². The van der Waals surface area contributed by atoms with Crippen molar-refractivity contribution in [2.75, 3.05) is 6.54 Å². The SMILES string of the molecule is O=C(NC(CNO)C(=O)O)c1ccccc1. The smallest absolute Gasteiger partial charge is 0.327 e. The van der Waals surface area contributed by atoms with Gasteiger partial charge in [-0.1, -0.05) is 18.2 Å². The maximum absolute atomic E-state index is 11.6. The fourth-order valence-corrected chi connectivity index (χ4v) is 1.12. The minimum atomic E-state index is -1.22. The van der Waals surface area contributed by atoms with Gasteiger partial charge in [0.2, 0.25) is 0 Å². The highest BCUT2D eigenvalue weighted by molar-refractivity contribution is 5.96. The second-order valence-corrected chi connectivity index (χ2v) is 3.09. The third-order valence-electron chi connectivity index (χ3n) is 1.93. The standard InChI is InChI=1S/C10H12N2O4/c13-9(7-4-2-1-3-5-7)12-8(6-11-16)10(14)15/h1-5,8,11,16H,6H2,(H,12,13)(H,14,15). The Kier molecular flexibility index (Phi) is 4.43. The van der Waals surface area contributed by atoms with Crippen molar-refractivity contribution in [3.63, 3.8) is 0 Å². The van der Waals surface area contributed by atoms with Gasteiger partial charge < -0.3 is 15.6 Å². The second kappa shape index (κ2) is 5.84. The van der Waals surface area contributed by atoms with E-state index in [1.54, 1.807) is 35.8 Å². The van der Waals surface area contributed by atoms with Gasteiger partial charge in [-0.25, -0.2) is 10.3 Å². The first-order valence-corrected chi connectivity index (χ1v) is 4.61. The van der Waals surface area contributed by atoms with E-state index in [1.807, 2.05) is 0 Å². The van der Waals surface area contributed by atoms with Crippen molar-refractivity contribution in [1.82, 2.24) is 10.8 Å². The van der Waals surface area contributed by atoms with Gasteiger partial charge in [-0.3, -0.25) is 4.79 Å². The second-order valence-electron chi connectivity index (χ2n) is 3.09. The fourth-order valence-electron chi connectivity index (χ4n) is 1.12. The van der Waals surface area contributed by atoms with Crippen molar-refractivity contribution >= 4 is 11.9 Å². The molecule has 6 heteroatoms. The van der Waals surface area contributed by atoms with Gasteiger partial charge in [0.25, 0.3) is 5.91 Å². The van der Waals surface area contributed by atoms with Crippen LogP contribution in [-0.4, -0.2) is 34.8 Å². The number of carboxylic acid groups (broad SMARTS) is 1. The summed E-state index contributed by atoms with van der Waals surface area (Å²) in [4.78, 5) is 22.2. The van der Waals surface area contributed by atoms with Crippen molar-refractivity contribution < 1.29 is 19.9 Å². The van der Waals surface area contributed by atoms with Gasteiger partial charge in [-0.2, -0.15) is 0 Å². The van der Waals surface area contributed by atoms with Crippen LogP contribution >= 0.6 is 0 Å². The molecule has 0 heterocycles. The number of carbonyl (C=O) groups excluding carboxylic acids is 1. The van der Waals surface area contributed by atoms with E-state index < -0.39 is 17.9 Å². The molecule has 0 saturated heterocycles. The Morgan fingerprint density at radius 2 is 1.88 bits per heavy atom. The molecule has 0 radical (unpaired) electrons.